The monoisotopic (exact) mass is 360 g/mol. The van der Waals surface area contributed by atoms with E-state index < -0.39 is 0 Å². The summed E-state index contributed by atoms with van der Waals surface area (Å²) in [6, 6.07) is 19.2. The molecular formula is C20H13ClN4O. The Labute approximate surface area is 155 Å². The van der Waals surface area contributed by atoms with Gasteiger partial charge in [0.2, 0.25) is 0 Å². The first kappa shape index (κ1) is 16.1. The molecular weight excluding hydrogens is 348 g/mol. The van der Waals surface area contributed by atoms with Gasteiger partial charge in [-0.2, -0.15) is 10.4 Å². The molecule has 0 unspecified atom stereocenters. The molecule has 0 aliphatic heterocycles. The Hall–Kier alpha value is -3.36. The summed E-state index contributed by atoms with van der Waals surface area (Å²) in [6.45, 7) is 0.422. The molecule has 0 aliphatic carbocycles. The number of nitriles is 1. The fourth-order valence-electron chi connectivity index (χ4n) is 2.72. The smallest absolute Gasteiger partial charge is 0.173 e. The second-order valence-corrected chi connectivity index (χ2v) is 6.08. The van der Waals surface area contributed by atoms with Crippen LogP contribution in [0.4, 0.5) is 0 Å². The van der Waals surface area contributed by atoms with E-state index in [0.29, 0.717) is 22.8 Å². The average molecular weight is 361 g/mol. The summed E-state index contributed by atoms with van der Waals surface area (Å²) in [4.78, 5) is 4.25. The molecule has 0 saturated heterocycles. The van der Waals surface area contributed by atoms with Gasteiger partial charge in [-0.1, -0.05) is 35.9 Å². The van der Waals surface area contributed by atoms with Crippen molar-refractivity contribution in [1.82, 2.24) is 14.6 Å². The van der Waals surface area contributed by atoms with Crippen LogP contribution in [0, 0.1) is 11.3 Å². The number of nitrogens with zero attached hydrogens (tertiary/aromatic N) is 4. The molecule has 0 radical (unpaired) electrons. The molecule has 6 heteroatoms. The Kier molecular flexibility index (Phi) is 4.26. The Balaban J connectivity index is 1.71. The lowest BCUT2D eigenvalue weighted by molar-refractivity contribution is 0.307. The van der Waals surface area contributed by atoms with Gasteiger partial charge < -0.3 is 4.74 Å². The number of hydrogen-bond donors (Lipinski definition) is 0. The lowest BCUT2D eigenvalue weighted by atomic mass is 10.1. The molecule has 126 valence electrons. The van der Waals surface area contributed by atoms with Gasteiger partial charge in [0.05, 0.1) is 11.9 Å². The molecule has 4 aromatic rings. The molecule has 2 heterocycles. The largest absolute Gasteiger partial charge is 0.488 e. The maximum atomic E-state index is 9.19. The van der Waals surface area contributed by atoms with Crippen molar-refractivity contribution in [2.24, 2.45) is 0 Å². The van der Waals surface area contributed by atoms with E-state index in [1.807, 2.05) is 54.6 Å². The summed E-state index contributed by atoms with van der Waals surface area (Å²) in [5, 5.41) is 14.2. The minimum atomic E-state index is 0.422. The number of ether oxygens (including phenoxy) is 1. The molecule has 4 rings (SSSR count). The fraction of sp³-hybridized carbons (Fsp3) is 0.0500. The van der Waals surface area contributed by atoms with Crippen LogP contribution in [-0.4, -0.2) is 14.6 Å². The van der Waals surface area contributed by atoms with Gasteiger partial charge in [-0.25, -0.2) is 9.50 Å². The van der Waals surface area contributed by atoms with Crippen LogP contribution in [0.3, 0.4) is 0 Å². The van der Waals surface area contributed by atoms with Crippen LogP contribution >= 0.6 is 11.6 Å². The van der Waals surface area contributed by atoms with Gasteiger partial charge in [-0.05, 0) is 35.9 Å². The second-order valence-electron chi connectivity index (χ2n) is 5.65. The van der Waals surface area contributed by atoms with Crippen molar-refractivity contribution in [2.45, 2.75) is 6.61 Å². The van der Waals surface area contributed by atoms with Gasteiger partial charge in [-0.3, -0.25) is 0 Å². The van der Waals surface area contributed by atoms with Gasteiger partial charge in [0, 0.05) is 16.8 Å². The van der Waals surface area contributed by atoms with Crippen LogP contribution in [-0.2, 0) is 6.61 Å². The van der Waals surface area contributed by atoms with E-state index in [0.717, 1.165) is 22.6 Å². The zero-order valence-electron chi connectivity index (χ0n) is 13.6. The Bertz CT molecular complexity index is 1110. The summed E-state index contributed by atoms with van der Waals surface area (Å²) in [5.41, 5.74) is 3.67. The summed E-state index contributed by atoms with van der Waals surface area (Å²) < 4.78 is 7.69. The van der Waals surface area contributed by atoms with E-state index >= 15 is 0 Å². The van der Waals surface area contributed by atoms with Gasteiger partial charge >= 0.3 is 0 Å². The number of aromatic nitrogens is 3. The lowest BCUT2D eigenvalue weighted by Gasteiger charge is -2.12. The molecule has 5 nitrogen and oxygen atoms in total. The highest BCUT2D eigenvalue weighted by Crippen LogP contribution is 2.30. The SMILES string of the molecule is N#Cc1cnn2c(-c3ccccc3OCc3ccc(Cl)cc3)ccnc12. The van der Waals surface area contributed by atoms with Crippen LogP contribution in [0.25, 0.3) is 16.9 Å². The highest BCUT2D eigenvalue weighted by Gasteiger charge is 2.13. The Morgan fingerprint density at radius 3 is 2.69 bits per heavy atom. The zero-order chi connectivity index (χ0) is 17.9. The minimum Gasteiger partial charge on any atom is -0.488 e. The van der Waals surface area contributed by atoms with E-state index in [2.05, 4.69) is 16.2 Å². The number of halogens is 1. The fourth-order valence-corrected chi connectivity index (χ4v) is 2.85. The molecule has 26 heavy (non-hydrogen) atoms. The van der Waals surface area contributed by atoms with Crippen LogP contribution < -0.4 is 4.74 Å². The van der Waals surface area contributed by atoms with Crippen molar-refractivity contribution in [2.75, 3.05) is 0 Å². The van der Waals surface area contributed by atoms with E-state index in [1.54, 1.807) is 10.7 Å². The maximum absolute atomic E-state index is 9.19. The molecule has 0 atom stereocenters. The van der Waals surface area contributed by atoms with Crippen molar-refractivity contribution >= 4 is 17.2 Å². The summed E-state index contributed by atoms with van der Waals surface area (Å²) in [7, 11) is 0. The average Bonchev–Trinajstić information content (AvgIpc) is 3.11. The topological polar surface area (TPSA) is 63.2 Å². The third-order valence-electron chi connectivity index (χ3n) is 3.99. The molecule has 2 aromatic heterocycles. The Morgan fingerprint density at radius 2 is 1.88 bits per heavy atom. The molecule has 0 aliphatic rings. The van der Waals surface area contributed by atoms with E-state index in [9.17, 15) is 5.26 Å². The van der Waals surface area contributed by atoms with Gasteiger partial charge in [0.1, 0.15) is 24.0 Å². The third kappa shape index (κ3) is 2.99. The second kappa shape index (κ2) is 6.87. The van der Waals surface area contributed by atoms with Crippen molar-refractivity contribution in [1.29, 1.82) is 5.26 Å². The maximum Gasteiger partial charge on any atom is 0.173 e. The molecule has 0 amide bonds. The van der Waals surface area contributed by atoms with Crippen molar-refractivity contribution in [3.63, 3.8) is 0 Å². The van der Waals surface area contributed by atoms with Gasteiger partial charge in [0.15, 0.2) is 5.65 Å². The van der Waals surface area contributed by atoms with Crippen molar-refractivity contribution in [3.8, 4) is 23.1 Å². The van der Waals surface area contributed by atoms with Crippen LogP contribution in [0.2, 0.25) is 5.02 Å². The van der Waals surface area contributed by atoms with E-state index in [1.165, 1.54) is 6.20 Å². The lowest BCUT2D eigenvalue weighted by Crippen LogP contribution is -2.00. The van der Waals surface area contributed by atoms with E-state index in [-0.39, 0.29) is 0 Å². The number of hydrogen-bond acceptors (Lipinski definition) is 4. The summed E-state index contributed by atoms with van der Waals surface area (Å²) in [5.74, 6) is 0.726. The van der Waals surface area contributed by atoms with E-state index in [4.69, 9.17) is 16.3 Å². The third-order valence-corrected chi connectivity index (χ3v) is 4.24. The van der Waals surface area contributed by atoms with Crippen molar-refractivity contribution in [3.05, 3.63) is 83.1 Å². The Morgan fingerprint density at radius 1 is 1.08 bits per heavy atom. The molecule has 0 bridgehead atoms. The minimum absolute atomic E-state index is 0.422. The molecule has 0 saturated carbocycles. The predicted molar refractivity (Wildman–Crippen MR) is 98.9 cm³/mol. The highest BCUT2D eigenvalue weighted by atomic mass is 35.5. The summed E-state index contributed by atoms with van der Waals surface area (Å²) >= 11 is 5.92. The highest BCUT2D eigenvalue weighted by molar-refractivity contribution is 6.30. The van der Waals surface area contributed by atoms with Gasteiger partial charge in [-0.15, -0.1) is 0 Å². The first-order chi connectivity index (χ1) is 12.8. The first-order valence-corrected chi connectivity index (χ1v) is 8.33. The number of para-hydroxylation sites is 1. The van der Waals surface area contributed by atoms with Crippen LogP contribution in [0.5, 0.6) is 5.75 Å². The number of fused-ring (bicyclic) bond motifs is 1. The molecule has 0 spiro atoms. The zero-order valence-corrected chi connectivity index (χ0v) is 14.4. The molecule has 0 fully saturated rings. The normalized spacial score (nSPS) is 10.6. The standard InChI is InChI=1S/C20H13ClN4O/c21-16-7-5-14(6-8-16)13-26-19-4-2-1-3-17(19)18-9-10-23-20-15(11-22)12-24-25(18)20/h1-10,12H,13H2. The molecule has 0 N–H and O–H groups in total. The number of rotatable bonds is 4. The first-order valence-electron chi connectivity index (χ1n) is 7.96. The van der Waals surface area contributed by atoms with Crippen LogP contribution in [0.1, 0.15) is 11.1 Å². The van der Waals surface area contributed by atoms with Gasteiger partial charge in [0.25, 0.3) is 0 Å². The van der Waals surface area contributed by atoms with Crippen molar-refractivity contribution < 1.29 is 4.74 Å². The number of benzene rings is 2. The summed E-state index contributed by atoms with van der Waals surface area (Å²) in [6.07, 6.45) is 3.19. The van der Waals surface area contributed by atoms with Crippen LogP contribution in [0.15, 0.2) is 67.0 Å². The molecule has 2 aromatic carbocycles. The predicted octanol–water partition coefficient (Wildman–Crippen LogP) is 4.50. The quantitative estimate of drug-likeness (QED) is 0.537.